The molecule has 0 bridgehead atoms. The van der Waals surface area contributed by atoms with Gasteiger partial charge in [-0.1, -0.05) is 50.8 Å². The average Bonchev–Trinajstić information content (AvgIpc) is 2.82. The SMILES string of the molecule is CC(C)CC#Cc1cnc2c(c1)C(=O)N([C@H](C)CO)C[C@@H](C)[C@@H](CN(C)Cc1ccccc1F)O2. The Bertz CT molecular complexity index is 1080. The predicted octanol–water partition coefficient (Wildman–Crippen LogP) is 3.97. The molecular formula is C28H36FN3O3. The average molecular weight is 482 g/mol. The van der Waals surface area contributed by atoms with Crippen LogP contribution in [0.1, 0.15) is 55.6 Å². The molecule has 0 radical (unpaired) electrons. The lowest BCUT2D eigenvalue weighted by Crippen LogP contribution is -2.49. The minimum absolute atomic E-state index is 0.0449. The van der Waals surface area contributed by atoms with Gasteiger partial charge in [0.15, 0.2) is 0 Å². The number of rotatable bonds is 7. The van der Waals surface area contributed by atoms with Crippen molar-refractivity contribution >= 4 is 5.91 Å². The van der Waals surface area contributed by atoms with Crippen molar-refractivity contribution in [2.24, 2.45) is 11.8 Å². The number of carbonyl (C=O) groups is 1. The van der Waals surface area contributed by atoms with E-state index in [1.165, 1.54) is 6.07 Å². The van der Waals surface area contributed by atoms with Gasteiger partial charge in [0.2, 0.25) is 5.88 Å². The van der Waals surface area contributed by atoms with Gasteiger partial charge in [-0.3, -0.25) is 9.69 Å². The number of carbonyl (C=O) groups excluding carboxylic acids is 1. The van der Waals surface area contributed by atoms with E-state index in [-0.39, 0.29) is 42.3 Å². The third-order valence-electron chi connectivity index (χ3n) is 6.15. The molecule has 188 valence electrons. The summed E-state index contributed by atoms with van der Waals surface area (Å²) in [6.45, 7) is 9.26. The summed E-state index contributed by atoms with van der Waals surface area (Å²) >= 11 is 0. The summed E-state index contributed by atoms with van der Waals surface area (Å²) in [6, 6.07) is 8.10. The molecule has 1 N–H and O–H groups in total. The van der Waals surface area contributed by atoms with E-state index < -0.39 is 0 Å². The highest BCUT2D eigenvalue weighted by Crippen LogP contribution is 2.27. The molecule has 0 unspecified atom stereocenters. The zero-order valence-electron chi connectivity index (χ0n) is 21.3. The molecule has 0 fully saturated rings. The van der Waals surface area contributed by atoms with Crippen molar-refractivity contribution in [3.8, 4) is 17.7 Å². The molecule has 0 spiro atoms. The molecule has 0 aliphatic carbocycles. The van der Waals surface area contributed by atoms with Crippen LogP contribution in [0.4, 0.5) is 4.39 Å². The second-order valence-electron chi connectivity index (χ2n) is 9.89. The van der Waals surface area contributed by atoms with Gasteiger partial charge in [0.25, 0.3) is 5.91 Å². The number of benzene rings is 1. The first kappa shape index (κ1) is 26.7. The smallest absolute Gasteiger partial charge is 0.259 e. The van der Waals surface area contributed by atoms with Crippen molar-refractivity contribution in [3.05, 3.63) is 59.0 Å². The Morgan fingerprint density at radius 1 is 1.31 bits per heavy atom. The third kappa shape index (κ3) is 7.03. The minimum atomic E-state index is -0.358. The van der Waals surface area contributed by atoms with Crippen LogP contribution in [0.2, 0.25) is 0 Å². The van der Waals surface area contributed by atoms with Crippen molar-refractivity contribution in [2.45, 2.75) is 52.8 Å². The molecule has 1 amide bonds. The molecule has 1 aromatic carbocycles. The summed E-state index contributed by atoms with van der Waals surface area (Å²) in [5.74, 6) is 6.43. The fourth-order valence-electron chi connectivity index (χ4n) is 4.03. The lowest BCUT2D eigenvalue weighted by atomic mass is 9.99. The number of aliphatic hydroxyl groups is 1. The maximum Gasteiger partial charge on any atom is 0.259 e. The van der Waals surface area contributed by atoms with Crippen molar-refractivity contribution in [1.29, 1.82) is 0 Å². The van der Waals surface area contributed by atoms with Crippen LogP contribution in [0.3, 0.4) is 0 Å². The van der Waals surface area contributed by atoms with Crippen LogP contribution >= 0.6 is 0 Å². The van der Waals surface area contributed by atoms with Gasteiger partial charge in [-0.15, -0.1) is 0 Å². The van der Waals surface area contributed by atoms with Gasteiger partial charge in [-0.2, -0.15) is 0 Å². The first-order valence-corrected chi connectivity index (χ1v) is 12.2. The van der Waals surface area contributed by atoms with Crippen LogP contribution in [0, 0.1) is 29.5 Å². The summed E-state index contributed by atoms with van der Waals surface area (Å²) in [5, 5.41) is 9.82. The van der Waals surface area contributed by atoms with E-state index in [1.54, 1.807) is 29.3 Å². The lowest BCUT2D eigenvalue weighted by molar-refractivity contribution is 0.0324. The number of halogens is 1. The standard InChI is InChI=1S/C28H36FN3O3/c1-19(2)9-8-10-22-13-24-27(30-14-22)35-26(20(3)15-32(28(24)34)21(4)18-33)17-31(5)16-23-11-6-7-12-25(23)29/h6-7,11-14,19-21,26,33H,9,15-18H2,1-5H3/t20-,21-,26-/m1/s1. The van der Waals surface area contributed by atoms with Crippen molar-refractivity contribution in [3.63, 3.8) is 0 Å². The van der Waals surface area contributed by atoms with Gasteiger partial charge < -0.3 is 14.7 Å². The first-order valence-electron chi connectivity index (χ1n) is 12.2. The van der Waals surface area contributed by atoms with Crippen molar-refractivity contribution in [2.75, 3.05) is 26.7 Å². The Morgan fingerprint density at radius 2 is 2.06 bits per heavy atom. The number of amides is 1. The van der Waals surface area contributed by atoms with E-state index in [9.17, 15) is 14.3 Å². The van der Waals surface area contributed by atoms with Gasteiger partial charge in [0, 0.05) is 49.3 Å². The highest BCUT2D eigenvalue weighted by atomic mass is 19.1. The van der Waals surface area contributed by atoms with Gasteiger partial charge in [-0.05, 0) is 32.0 Å². The molecule has 3 rings (SSSR count). The number of pyridine rings is 1. The Hall–Kier alpha value is -2.95. The van der Waals surface area contributed by atoms with Crippen LogP contribution < -0.4 is 4.74 Å². The van der Waals surface area contributed by atoms with Gasteiger partial charge in [0.1, 0.15) is 17.5 Å². The van der Waals surface area contributed by atoms with Crippen molar-refractivity contribution in [1.82, 2.24) is 14.8 Å². The second-order valence-corrected chi connectivity index (χ2v) is 9.89. The van der Waals surface area contributed by atoms with Gasteiger partial charge in [0.05, 0.1) is 12.6 Å². The van der Waals surface area contributed by atoms with E-state index in [1.807, 2.05) is 31.9 Å². The Labute approximate surface area is 208 Å². The van der Waals surface area contributed by atoms with Crippen LogP contribution in [-0.4, -0.2) is 64.7 Å². The molecule has 1 aliphatic rings. The highest BCUT2D eigenvalue weighted by molar-refractivity contribution is 5.97. The predicted molar refractivity (Wildman–Crippen MR) is 134 cm³/mol. The third-order valence-corrected chi connectivity index (χ3v) is 6.15. The number of nitrogens with zero attached hydrogens (tertiary/aromatic N) is 3. The monoisotopic (exact) mass is 481 g/mol. The number of fused-ring (bicyclic) bond motifs is 1. The maximum absolute atomic E-state index is 14.2. The highest BCUT2D eigenvalue weighted by Gasteiger charge is 2.34. The molecular weight excluding hydrogens is 445 g/mol. The topological polar surface area (TPSA) is 65.9 Å². The largest absolute Gasteiger partial charge is 0.472 e. The van der Waals surface area contributed by atoms with Gasteiger partial charge in [-0.25, -0.2) is 9.37 Å². The Balaban J connectivity index is 1.90. The molecule has 2 heterocycles. The fourth-order valence-corrected chi connectivity index (χ4v) is 4.03. The summed E-state index contributed by atoms with van der Waals surface area (Å²) < 4.78 is 20.5. The summed E-state index contributed by atoms with van der Waals surface area (Å²) in [6.07, 6.45) is 2.09. The molecule has 1 aliphatic heterocycles. The number of hydrogen-bond acceptors (Lipinski definition) is 5. The number of aromatic nitrogens is 1. The number of likely N-dealkylation sites (N-methyl/N-ethyl adjacent to an activating group) is 1. The zero-order chi connectivity index (χ0) is 25.5. The number of hydrogen-bond donors (Lipinski definition) is 1. The number of ether oxygens (including phenoxy) is 1. The van der Waals surface area contributed by atoms with Crippen molar-refractivity contribution < 1.29 is 19.0 Å². The maximum atomic E-state index is 14.2. The molecule has 35 heavy (non-hydrogen) atoms. The quantitative estimate of drug-likeness (QED) is 0.607. The molecule has 7 heteroatoms. The molecule has 2 aromatic rings. The van der Waals surface area contributed by atoms with E-state index in [2.05, 4.69) is 30.7 Å². The minimum Gasteiger partial charge on any atom is -0.472 e. The summed E-state index contributed by atoms with van der Waals surface area (Å²) in [5.41, 5.74) is 1.61. The molecule has 0 saturated carbocycles. The molecule has 6 nitrogen and oxygen atoms in total. The van der Waals surface area contributed by atoms with E-state index in [0.717, 1.165) is 6.42 Å². The normalized spacial score (nSPS) is 18.9. The van der Waals surface area contributed by atoms with E-state index in [4.69, 9.17) is 4.74 Å². The first-order chi connectivity index (χ1) is 16.7. The second kappa shape index (κ2) is 12.1. The Kier molecular flexibility index (Phi) is 9.25. The number of aliphatic hydroxyl groups excluding tert-OH is 1. The van der Waals surface area contributed by atoms with Crippen LogP contribution in [0.5, 0.6) is 5.88 Å². The summed E-state index contributed by atoms with van der Waals surface area (Å²) in [4.78, 5) is 21.6. The van der Waals surface area contributed by atoms with Crippen LogP contribution in [0.25, 0.3) is 0 Å². The summed E-state index contributed by atoms with van der Waals surface area (Å²) in [7, 11) is 1.92. The van der Waals surface area contributed by atoms with Crippen LogP contribution in [0.15, 0.2) is 36.5 Å². The zero-order valence-corrected chi connectivity index (χ0v) is 21.3. The van der Waals surface area contributed by atoms with Crippen LogP contribution in [-0.2, 0) is 6.54 Å². The van der Waals surface area contributed by atoms with E-state index >= 15 is 0 Å². The lowest BCUT2D eigenvalue weighted by Gasteiger charge is -2.37. The molecule has 0 saturated heterocycles. The molecule has 3 atom stereocenters. The van der Waals surface area contributed by atoms with E-state index in [0.29, 0.717) is 42.2 Å². The van der Waals surface area contributed by atoms with Gasteiger partial charge >= 0.3 is 0 Å². The molecule has 1 aromatic heterocycles. The Morgan fingerprint density at radius 3 is 2.74 bits per heavy atom. The fraction of sp³-hybridized carbons (Fsp3) is 0.500.